The molecule has 1 aliphatic rings. The van der Waals surface area contributed by atoms with Crippen molar-refractivity contribution in [2.24, 2.45) is 0 Å². The van der Waals surface area contributed by atoms with Crippen molar-refractivity contribution in [3.8, 4) is 0 Å². The summed E-state index contributed by atoms with van der Waals surface area (Å²) in [7, 11) is 0. The van der Waals surface area contributed by atoms with Gasteiger partial charge in [0.25, 0.3) is 0 Å². The number of halogens is 2. The minimum absolute atomic E-state index is 0.000648. The Labute approximate surface area is 124 Å². The van der Waals surface area contributed by atoms with Crippen molar-refractivity contribution in [3.05, 3.63) is 27.1 Å². The predicted molar refractivity (Wildman–Crippen MR) is 80.7 cm³/mol. The zero-order chi connectivity index (χ0) is 13.0. The van der Waals surface area contributed by atoms with Gasteiger partial charge < -0.3 is 10.6 Å². The Kier molecular flexibility index (Phi) is 5.21. The Morgan fingerprint density at radius 2 is 2.00 bits per heavy atom. The van der Waals surface area contributed by atoms with Gasteiger partial charge in [-0.2, -0.15) is 0 Å². The van der Waals surface area contributed by atoms with Gasteiger partial charge in [-0.25, -0.2) is 0 Å². The molecule has 1 fully saturated rings. The predicted octanol–water partition coefficient (Wildman–Crippen LogP) is 3.68. The zero-order valence-corrected chi connectivity index (χ0v) is 13.2. The molecule has 1 amide bonds. The van der Waals surface area contributed by atoms with Crippen LogP contribution in [0.3, 0.4) is 0 Å². The maximum atomic E-state index is 11.8. The van der Waals surface area contributed by atoms with E-state index in [4.69, 9.17) is 0 Å². The van der Waals surface area contributed by atoms with E-state index in [9.17, 15) is 4.79 Å². The van der Waals surface area contributed by atoms with Gasteiger partial charge in [0, 0.05) is 15.0 Å². The number of anilines is 1. The summed E-state index contributed by atoms with van der Waals surface area (Å²) in [6.07, 6.45) is 4.93. The lowest BCUT2D eigenvalue weighted by Gasteiger charge is -2.12. The van der Waals surface area contributed by atoms with Crippen molar-refractivity contribution in [2.75, 3.05) is 11.9 Å². The van der Waals surface area contributed by atoms with Gasteiger partial charge in [0.05, 0.1) is 12.2 Å². The van der Waals surface area contributed by atoms with Crippen LogP contribution >= 0.6 is 31.9 Å². The molecule has 0 aliphatic heterocycles. The maximum Gasteiger partial charge on any atom is 0.238 e. The average molecular weight is 376 g/mol. The summed E-state index contributed by atoms with van der Waals surface area (Å²) in [5.74, 6) is 0.000648. The van der Waals surface area contributed by atoms with Crippen LogP contribution in [-0.2, 0) is 4.79 Å². The molecule has 0 bridgehead atoms. The minimum Gasteiger partial charge on any atom is -0.324 e. The lowest BCUT2D eigenvalue weighted by Crippen LogP contribution is -2.34. The summed E-state index contributed by atoms with van der Waals surface area (Å²) in [4.78, 5) is 11.8. The topological polar surface area (TPSA) is 41.1 Å². The van der Waals surface area contributed by atoms with Crippen LogP contribution in [0, 0.1) is 0 Å². The second-order valence-electron chi connectivity index (χ2n) is 4.53. The lowest BCUT2D eigenvalue weighted by atomic mass is 10.2. The van der Waals surface area contributed by atoms with Crippen LogP contribution in [0.4, 0.5) is 5.69 Å². The summed E-state index contributed by atoms with van der Waals surface area (Å²) in [6, 6.07) is 6.24. The number of benzene rings is 1. The Hall–Kier alpha value is -0.390. The molecule has 0 radical (unpaired) electrons. The molecular weight excluding hydrogens is 360 g/mol. The first-order valence-electron chi connectivity index (χ1n) is 6.13. The van der Waals surface area contributed by atoms with Gasteiger partial charge in [0.1, 0.15) is 0 Å². The van der Waals surface area contributed by atoms with E-state index in [0.29, 0.717) is 12.6 Å². The molecule has 2 rings (SSSR count). The highest BCUT2D eigenvalue weighted by atomic mass is 79.9. The summed E-state index contributed by atoms with van der Waals surface area (Å²) < 4.78 is 1.84. The zero-order valence-electron chi connectivity index (χ0n) is 10.0. The summed E-state index contributed by atoms with van der Waals surface area (Å²) >= 11 is 6.81. The van der Waals surface area contributed by atoms with Crippen molar-refractivity contribution < 1.29 is 4.79 Å². The third kappa shape index (κ3) is 4.07. The van der Waals surface area contributed by atoms with E-state index < -0.39 is 0 Å². The minimum atomic E-state index is 0.000648. The van der Waals surface area contributed by atoms with Gasteiger partial charge in [-0.15, -0.1) is 0 Å². The molecule has 0 saturated heterocycles. The highest BCUT2D eigenvalue weighted by Gasteiger charge is 2.15. The highest BCUT2D eigenvalue weighted by molar-refractivity contribution is 9.11. The number of hydrogen-bond donors (Lipinski definition) is 2. The van der Waals surface area contributed by atoms with Crippen LogP contribution in [0.5, 0.6) is 0 Å². The molecule has 0 heterocycles. The van der Waals surface area contributed by atoms with E-state index in [-0.39, 0.29) is 5.91 Å². The highest BCUT2D eigenvalue weighted by Crippen LogP contribution is 2.26. The van der Waals surface area contributed by atoms with Gasteiger partial charge in [0.15, 0.2) is 0 Å². The largest absolute Gasteiger partial charge is 0.324 e. The average Bonchev–Trinajstić information content (AvgIpc) is 2.84. The number of nitrogens with one attached hydrogen (secondary N) is 2. The van der Waals surface area contributed by atoms with E-state index in [1.165, 1.54) is 25.7 Å². The normalized spacial score (nSPS) is 15.9. The molecule has 1 aromatic rings. The van der Waals surface area contributed by atoms with Crippen LogP contribution in [0.15, 0.2) is 27.1 Å². The molecule has 18 heavy (non-hydrogen) atoms. The van der Waals surface area contributed by atoms with E-state index in [2.05, 4.69) is 42.5 Å². The number of carbonyl (C=O) groups excluding carboxylic acids is 1. The van der Waals surface area contributed by atoms with Crippen molar-refractivity contribution in [2.45, 2.75) is 31.7 Å². The second-order valence-corrected chi connectivity index (χ2v) is 6.30. The Balaban J connectivity index is 1.84. The van der Waals surface area contributed by atoms with E-state index in [0.717, 1.165) is 14.6 Å². The van der Waals surface area contributed by atoms with Crippen LogP contribution in [0.2, 0.25) is 0 Å². The monoisotopic (exact) mass is 374 g/mol. The standard InChI is InChI=1S/C13H16Br2N2O/c14-9-5-6-11(15)12(7-9)17-13(18)8-16-10-3-1-2-4-10/h5-7,10,16H,1-4,8H2,(H,17,18). The quantitative estimate of drug-likeness (QED) is 0.842. The lowest BCUT2D eigenvalue weighted by molar-refractivity contribution is -0.115. The second kappa shape index (κ2) is 6.68. The molecule has 0 aromatic heterocycles. The third-order valence-corrected chi connectivity index (χ3v) is 4.29. The van der Waals surface area contributed by atoms with Crippen LogP contribution in [0.25, 0.3) is 0 Å². The van der Waals surface area contributed by atoms with E-state index in [1.54, 1.807) is 0 Å². The van der Waals surface area contributed by atoms with Crippen molar-refractivity contribution in [3.63, 3.8) is 0 Å². The first kappa shape index (κ1) is 14.0. The molecular formula is C13H16Br2N2O. The number of carbonyl (C=O) groups is 1. The first-order valence-corrected chi connectivity index (χ1v) is 7.72. The molecule has 0 spiro atoms. The number of hydrogen-bond acceptors (Lipinski definition) is 2. The Morgan fingerprint density at radius 3 is 2.72 bits per heavy atom. The Bertz CT molecular complexity index is 431. The fraction of sp³-hybridized carbons (Fsp3) is 0.462. The summed E-state index contributed by atoms with van der Waals surface area (Å²) in [5, 5.41) is 6.19. The fourth-order valence-corrected chi connectivity index (χ4v) is 2.86. The molecule has 1 aliphatic carbocycles. The van der Waals surface area contributed by atoms with E-state index >= 15 is 0 Å². The first-order chi connectivity index (χ1) is 8.65. The summed E-state index contributed by atoms with van der Waals surface area (Å²) in [6.45, 7) is 0.379. The third-order valence-electron chi connectivity index (χ3n) is 3.11. The molecule has 98 valence electrons. The number of rotatable bonds is 4. The smallest absolute Gasteiger partial charge is 0.238 e. The molecule has 0 atom stereocenters. The van der Waals surface area contributed by atoms with Gasteiger partial charge in [-0.3, -0.25) is 4.79 Å². The SMILES string of the molecule is O=C(CNC1CCCC1)Nc1cc(Br)ccc1Br. The number of amides is 1. The maximum absolute atomic E-state index is 11.8. The van der Waals surface area contributed by atoms with E-state index in [1.807, 2.05) is 18.2 Å². The Morgan fingerprint density at radius 1 is 1.28 bits per heavy atom. The van der Waals surface area contributed by atoms with Gasteiger partial charge in [-0.1, -0.05) is 28.8 Å². The van der Waals surface area contributed by atoms with Crippen molar-refractivity contribution in [1.29, 1.82) is 0 Å². The van der Waals surface area contributed by atoms with Crippen LogP contribution in [0.1, 0.15) is 25.7 Å². The van der Waals surface area contributed by atoms with Crippen LogP contribution < -0.4 is 10.6 Å². The molecule has 1 saturated carbocycles. The molecule has 3 nitrogen and oxygen atoms in total. The van der Waals surface area contributed by atoms with Gasteiger partial charge in [-0.05, 0) is 47.0 Å². The summed E-state index contributed by atoms with van der Waals surface area (Å²) in [5.41, 5.74) is 0.794. The van der Waals surface area contributed by atoms with Crippen molar-refractivity contribution in [1.82, 2.24) is 5.32 Å². The van der Waals surface area contributed by atoms with Crippen molar-refractivity contribution >= 4 is 43.5 Å². The molecule has 5 heteroatoms. The van der Waals surface area contributed by atoms with Gasteiger partial charge >= 0.3 is 0 Å². The molecule has 1 aromatic carbocycles. The van der Waals surface area contributed by atoms with Gasteiger partial charge in [0.2, 0.25) is 5.91 Å². The molecule has 0 unspecified atom stereocenters. The van der Waals surface area contributed by atoms with Crippen LogP contribution in [-0.4, -0.2) is 18.5 Å². The molecule has 2 N–H and O–H groups in total. The fourth-order valence-electron chi connectivity index (χ4n) is 2.15.